The lowest BCUT2D eigenvalue weighted by Crippen LogP contribution is -2.65. The Morgan fingerprint density at radius 3 is 2.00 bits per heavy atom. The molecular weight excluding hydrogens is 612 g/mol. The van der Waals surface area contributed by atoms with Crippen LogP contribution in [0.1, 0.15) is 110 Å². The Morgan fingerprint density at radius 2 is 1.50 bits per heavy atom. The number of urea groups is 1. The van der Waals surface area contributed by atoms with E-state index in [-0.39, 0.29) is 41.3 Å². The number of nitrogen functional groups attached to an aromatic ring is 1. The molecule has 0 aromatic carbocycles. The number of amides is 3. The maximum absolute atomic E-state index is 13.6. The predicted octanol–water partition coefficient (Wildman–Crippen LogP) is 2.71. The number of aromatic nitrogens is 2. The van der Waals surface area contributed by atoms with Crippen molar-refractivity contribution >= 4 is 27.6 Å². The Kier molecular flexibility index (Phi) is 7.42. The van der Waals surface area contributed by atoms with Gasteiger partial charge in [-0.3, -0.25) is 29.0 Å². The summed E-state index contributed by atoms with van der Waals surface area (Å²) in [4.78, 5) is 57.1. The van der Waals surface area contributed by atoms with Crippen molar-refractivity contribution in [1.29, 1.82) is 5.41 Å². The number of nitrogens with two attached hydrogens (primary N) is 1. The van der Waals surface area contributed by atoms with Gasteiger partial charge in [0.2, 0.25) is 5.88 Å². The van der Waals surface area contributed by atoms with Crippen molar-refractivity contribution in [2.75, 3.05) is 13.6 Å². The van der Waals surface area contributed by atoms with E-state index in [0.717, 1.165) is 19.3 Å². The number of carbonyl (C=O) groups is 2. The molecule has 46 heavy (non-hydrogen) atoms. The molecule has 4 N–H and O–H groups in total. The van der Waals surface area contributed by atoms with Crippen molar-refractivity contribution in [2.24, 2.45) is 23.0 Å². The molecule has 14 heteroatoms. The third-order valence-electron chi connectivity index (χ3n) is 12.2. The summed E-state index contributed by atoms with van der Waals surface area (Å²) < 4.78 is 26.9. The Labute approximate surface area is 269 Å². The number of aromatic hydroxyl groups is 1. The summed E-state index contributed by atoms with van der Waals surface area (Å²) in [6.45, 7) is 7.55. The van der Waals surface area contributed by atoms with Crippen LogP contribution in [0.25, 0.3) is 0 Å². The molecule has 2 saturated heterocycles. The van der Waals surface area contributed by atoms with Crippen LogP contribution in [0.2, 0.25) is 0 Å². The first-order chi connectivity index (χ1) is 21.3. The van der Waals surface area contributed by atoms with E-state index in [0.29, 0.717) is 57.9 Å². The van der Waals surface area contributed by atoms with Crippen LogP contribution >= 0.6 is 0 Å². The predicted molar refractivity (Wildman–Crippen MR) is 172 cm³/mol. The van der Waals surface area contributed by atoms with Crippen molar-refractivity contribution in [3.8, 4) is 5.88 Å². The fourth-order valence-electron chi connectivity index (χ4n) is 9.62. The van der Waals surface area contributed by atoms with Gasteiger partial charge in [-0.05, 0) is 109 Å². The van der Waals surface area contributed by atoms with Crippen molar-refractivity contribution < 1.29 is 23.1 Å². The summed E-state index contributed by atoms with van der Waals surface area (Å²) in [5.41, 5.74) is 2.80. The van der Waals surface area contributed by atoms with E-state index >= 15 is 0 Å². The molecule has 254 valence electrons. The lowest BCUT2D eigenvalue weighted by molar-refractivity contribution is -0.150. The average molecular weight is 661 g/mol. The molecule has 5 aliphatic rings. The highest BCUT2D eigenvalue weighted by Gasteiger charge is 2.68. The summed E-state index contributed by atoms with van der Waals surface area (Å²) in [5.74, 6) is -1.22. The zero-order chi connectivity index (χ0) is 33.8. The van der Waals surface area contributed by atoms with Gasteiger partial charge in [-0.1, -0.05) is 6.42 Å². The number of nitrogens with one attached hydrogen (secondary N) is 1. The molecule has 0 unspecified atom stereocenters. The highest BCUT2D eigenvalue weighted by Crippen LogP contribution is 2.62. The van der Waals surface area contributed by atoms with Crippen molar-refractivity contribution in [3.05, 3.63) is 26.4 Å². The van der Waals surface area contributed by atoms with Crippen LogP contribution in [-0.2, 0) is 21.2 Å². The minimum atomic E-state index is -3.40. The van der Waals surface area contributed by atoms with Gasteiger partial charge < -0.3 is 15.7 Å². The van der Waals surface area contributed by atoms with Gasteiger partial charge in [0.15, 0.2) is 9.84 Å². The Balaban J connectivity index is 1.22. The van der Waals surface area contributed by atoms with E-state index in [2.05, 4.69) is 0 Å². The van der Waals surface area contributed by atoms with Crippen LogP contribution in [-0.4, -0.2) is 78.9 Å². The van der Waals surface area contributed by atoms with Gasteiger partial charge in [-0.25, -0.2) is 18.0 Å². The van der Waals surface area contributed by atoms with Crippen LogP contribution in [0.5, 0.6) is 5.88 Å². The van der Waals surface area contributed by atoms with Crippen LogP contribution in [0.15, 0.2) is 9.59 Å². The molecule has 13 nitrogen and oxygen atoms in total. The average Bonchev–Trinajstić information content (AvgIpc) is 3.07. The summed E-state index contributed by atoms with van der Waals surface area (Å²) >= 11 is 0. The molecule has 0 atom stereocenters. The maximum atomic E-state index is 13.6. The first kappa shape index (κ1) is 32.8. The van der Waals surface area contributed by atoms with Gasteiger partial charge in [-0.15, -0.1) is 0 Å². The number of hydrogen-bond donors (Lipinski definition) is 3. The molecular formula is C32H48N6O7S. The second-order valence-electron chi connectivity index (χ2n) is 16.1. The van der Waals surface area contributed by atoms with Gasteiger partial charge in [0.1, 0.15) is 16.9 Å². The van der Waals surface area contributed by atoms with E-state index in [1.165, 1.54) is 21.1 Å². The van der Waals surface area contributed by atoms with Crippen LogP contribution in [0, 0.1) is 22.7 Å². The number of rotatable bonds is 6. The molecule has 3 saturated carbocycles. The van der Waals surface area contributed by atoms with Gasteiger partial charge in [0, 0.05) is 26.2 Å². The third-order valence-corrected chi connectivity index (χ3v) is 15.4. The zero-order valence-corrected chi connectivity index (χ0v) is 28.4. The molecule has 2 aliphatic heterocycles. The quantitative estimate of drug-likeness (QED) is 0.236. The SMILES string of the molecule is CN1C(=O)N(CC2CC(C)(C)S(=O)(=O)C(C)(C)C2)C2(CC3(CCC(n4c(=O)c(C(=N)N)c(O)n(CC5CCC5)c4=O)CC3)C2)C1=O. The fourth-order valence-corrected chi connectivity index (χ4v) is 12.0. The molecule has 3 aliphatic carbocycles. The smallest absolute Gasteiger partial charge is 0.334 e. The lowest BCUT2D eigenvalue weighted by atomic mass is 9.51. The van der Waals surface area contributed by atoms with Crippen LogP contribution < -0.4 is 17.0 Å². The van der Waals surface area contributed by atoms with E-state index in [1.807, 2.05) is 0 Å². The lowest BCUT2D eigenvalue weighted by Gasteiger charge is -2.59. The van der Waals surface area contributed by atoms with Crippen LogP contribution in [0.4, 0.5) is 4.79 Å². The summed E-state index contributed by atoms with van der Waals surface area (Å²) in [7, 11) is -1.89. The molecule has 5 fully saturated rings. The number of carbonyl (C=O) groups excluding carboxylic acids is 2. The second kappa shape index (κ2) is 10.4. The van der Waals surface area contributed by atoms with Gasteiger partial charge in [-0.2, -0.15) is 0 Å². The molecule has 0 radical (unpaired) electrons. The number of nitrogens with zero attached hydrogens (tertiary/aromatic N) is 4. The minimum absolute atomic E-state index is 0.0834. The highest BCUT2D eigenvalue weighted by molar-refractivity contribution is 7.94. The molecule has 6 rings (SSSR count). The van der Waals surface area contributed by atoms with E-state index < -0.39 is 53.9 Å². The van der Waals surface area contributed by atoms with Crippen LogP contribution in [0.3, 0.4) is 0 Å². The Morgan fingerprint density at radius 1 is 0.935 bits per heavy atom. The molecule has 3 amide bonds. The van der Waals surface area contributed by atoms with Crippen molar-refractivity contribution in [1.82, 2.24) is 18.9 Å². The summed E-state index contributed by atoms with van der Waals surface area (Å²) in [5, 5.41) is 18.7. The number of amidine groups is 1. The largest absolute Gasteiger partial charge is 0.494 e. The molecule has 2 spiro atoms. The van der Waals surface area contributed by atoms with E-state index in [9.17, 15) is 32.7 Å². The standard InChI is InChI=1S/C32H48N6O7S/c1-29(2)13-20(14-30(3,4)46(29,44)45)16-37-27(42)35(5)26(41)32(37)17-31(18-32)11-9-21(10-12-31)38-25(40)22(23(33)34)24(39)36(28(38)43)15-19-7-6-8-19/h19-21,39H,6-18H2,1-5H3,(H3,33,34). The zero-order valence-electron chi connectivity index (χ0n) is 27.6. The number of imide groups is 1. The second-order valence-corrected chi connectivity index (χ2v) is 19.4. The number of hydrogen-bond acceptors (Lipinski definition) is 8. The van der Waals surface area contributed by atoms with Gasteiger partial charge >= 0.3 is 11.7 Å². The molecule has 1 aromatic heterocycles. The fraction of sp³-hybridized carbons (Fsp3) is 0.781. The molecule has 0 bridgehead atoms. The topological polar surface area (TPSA) is 189 Å². The number of sulfone groups is 1. The summed E-state index contributed by atoms with van der Waals surface area (Å²) in [6, 6.07) is -0.793. The van der Waals surface area contributed by atoms with E-state index in [4.69, 9.17) is 11.1 Å². The minimum Gasteiger partial charge on any atom is -0.494 e. The molecule has 3 heterocycles. The maximum Gasteiger partial charge on any atom is 0.334 e. The van der Waals surface area contributed by atoms with Crippen molar-refractivity contribution in [3.63, 3.8) is 0 Å². The Hall–Kier alpha value is -3.16. The van der Waals surface area contributed by atoms with E-state index in [1.54, 1.807) is 32.6 Å². The highest BCUT2D eigenvalue weighted by atomic mass is 32.2. The Bertz CT molecular complexity index is 1700. The normalized spacial score (nSPS) is 26.8. The molecule has 1 aromatic rings. The van der Waals surface area contributed by atoms with Gasteiger partial charge in [0.25, 0.3) is 11.5 Å². The first-order valence-electron chi connectivity index (χ1n) is 16.5. The summed E-state index contributed by atoms with van der Waals surface area (Å²) in [6.07, 6.45) is 6.96. The number of likely N-dealkylation sites (N-methyl/N-ethyl adjacent to an activating group) is 1. The first-order valence-corrected chi connectivity index (χ1v) is 18.0. The third kappa shape index (κ3) is 4.59. The van der Waals surface area contributed by atoms with Gasteiger partial charge in [0.05, 0.1) is 9.49 Å². The van der Waals surface area contributed by atoms with Crippen molar-refractivity contribution in [2.45, 2.75) is 126 Å². The monoisotopic (exact) mass is 660 g/mol.